The molecule has 0 radical (unpaired) electrons. The highest BCUT2D eigenvalue weighted by molar-refractivity contribution is 7.09. The summed E-state index contributed by atoms with van der Waals surface area (Å²) in [5, 5.41) is 8.87. The van der Waals surface area contributed by atoms with Gasteiger partial charge in [-0.15, -0.1) is 11.3 Å². The Morgan fingerprint density at radius 2 is 2.13 bits per heavy atom. The van der Waals surface area contributed by atoms with Crippen LogP contribution in [0.3, 0.4) is 0 Å². The van der Waals surface area contributed by atoms with E-state index >= 15 is 0 Å². The molecule has 1 saturated carbocycles. The lowest BCUT2D eigenvalue weighted by Crippen LogP contribution is -2.38. The minimum atomic E-state index is -0.104. The van der Waals surface area contributed by atoms with Gasteiger partial charge in [0, 0.05) is 32.2 Å². The van der Waals surface area contributed by atoms with Crippen LogP contribution < -0.4 is 10.6 Å². The molecular formula is C16H25N3O3S. The van der Waals surface area contributed by atoms with E-state index in [0.29, 0.717) is 11.8 Å². The summed E-state index contributed by atoms with van der Waals surface area (Å²) >= 11 is 1.58. The number of amides is 2. The van der Waals surface area contributed by atoms with Crippen LogP contribution in [0.1, 0.15) is 43.7 Å². The van der Waals surface area contributed by atoms with Crippen molar-refractivity contribution in [2.75, 3.05) is 20.3 Å². The standard InChI is InChI=1S/C16H25N3O3S/c1-11(20)18-9-12-3-5-13(6-4-12)15(16-17-7-8-23-16)19-14(21)10-22-2/h7-8,12-13,15H,3-6,9-10H2,1-2H3,(H,18,20)(H,19,21)/t12?,13?,15-/m1/s1. The topological polar surface area (TPSA) is 80.3 Å². The van der Waals surface area contributed by atoms with E-state index < -0.39 is 0 Å². The molecule has 6 nitrogen and oxygen atoms in total. The number of ether oxygens (including phenoxy) is 1. The van der Waals surface area contributed by atoms with Gasteiger partial charge in [-0.3, -0.25) is 9.59 Å². The number of carbonyl (C=O) groups is 2. The van der Waals surface area contributed by atoms with Crippen molar-refractivity contribution in [1.82, 2.24) is 15.6 Å². The van der Waals surface area contributed by atoms with E-state index in [1.807, 2.05) is 5.38 Å². The van der Waals surface area contributed by atoms with Crippen LogP contribution in [0.5, 0.6) is 0 Å². The SMILES string of the molecule is COCC(=O)N[C@@H](c1nccs1)C1CCC(CNC(C)=O)CC1. The number of methoxy groups -OCH3 is 1. The fourth-order valence-corrected chi connectivity index (χ4v) is 3.91. The molecule has 2 amide bonds. The Hall–Kier alpha value is -1.47. The smallest absolute Gasteiger partial charge is 0.246 e. The molecule has 2 rings (SSSR count). The summed E-state index contributed by atoms with van der Waals surface area (Å²) in [6, 6.07) is -0.0423. The van der Waals surface area contributed by atoms with Crippen LogP contribution in [0.2, 0.25) is 0 Å². The van der Waals surface area contributed by atoms with Gasteiger partial charge in [0.1, 0.15) is 11.6 Å². The van der Waals surface area contributed by atoms with Crippen molar-refractivity contribution in [3.05, 3.63) is 16.6 Å². The second kappa shape index (κ2) is 8.98. The third-order valence-corrected chi connectivity index (χ3v) is 5.17. The third kappa shape index (κ3) is 5.58. The molecule has 0 spiro atoms. The molecule has 0 saturated heterocycles. The van der Waals surface area contributed by atoms with Crippen LogP contribution in [0.4, 0.5) is 0 Å². The molecule has 1 atom stereocenters. The largest absolute Gasteiger partial charge is 0.375 e. The molecule has 0 aromatic carbocycles. The van der Waals surface area contributed by atoms with Gasteiger partial charge < -0.3 is 15.4 Å². The third-order valence-electron chi connectivity index (χ3n) is 4.31. The average Bonchev–Trinajstić information content (AvgIpc) is 3.05. The molecule has 23 heavy (non-hydrogen) atoms. The van der Waals surface area contributed by atoms with Crippen LogP contribution in [0.25, 0.3) is 0 Å². The first-order valence-electron chi connectivity index (χ1n) is 8.02. The Kier molecular flexibility index (Phi) is 6.98. The molecule has 1 aliphatic rings. The van der Waals surface area contributed by atoms with Crippen LogP contribution >= 0.6 is 11.3 Å². The number of aromatic nitrogens is 1. The molecule has 128 valence electrons. The van der Waals surface area contributed by atoms with E-state index in [1.165, 1.54) is 7.11 Å². The van der Waals surface area contributed by atoms with E-state index in [-0.39, 0.29) is 24.5 Å². The maximum absolute atomic E-state index is 11.9. The lowest BCUT2D eigenvalue weighted by atomic mass is 9.78. The van der Waals surface area contributed by atoms with Crippen molar-refractivity contribution < 1.29 is 14.3 Å². The van der Waals surface area contributed by atoms with Gasteiger partial charge in [-0.05, 0) is 37.5 Å². The quantitative estimate of drug-likeness (QED) is 0.795. The zero-order valence-corrected chi connectivity index (χ0v) is 14.5. The number of nitrogens with zero attached hydrogens (tertiary/aromatic N) is 1. The van der Waals surface area contributed by atoms with Gasteiger partial charge >= 0.3 is 0 Å². The second-order valence-electron chi connectivity index (χ2n) is 6.07. The molecular weight excluding hydrogens is 314 g/mol. The zero-order chi connectivity index (χ0) is 16.7. The molecule has 0 unspecified atom stereocenters. The Labute approximate surface area is 141 Å². The molecule has 1 aromatic heterocycles. The minimum absolute atomic E-state index is 0.0274. The van der Waals surface area contributed by atoms with E-state index in [1.54, 1.807) is 24.5 Å². The normalized spacial score (nSPS) is 22.3. The van der Waals surface area contributed by atoms with Crippen molar-refractivity contribution >= 4 is 23.2 Å². The molecule has 2 N–H and O–H groups in total. The predicted octanol–water partition coefficient (Wildman–Crippen LogP) is 1.89. The van der Waals surface area contributed by atoms with Crippen LogP contribution in [0.15, 0.2) is 11.6 Å². The summed E-state index contributed by atoms with van der Waals surface area (Å²) in [6.07, 6.45) is 5.96. The number of carbonyl (C=O) groups excluding carboxylic acids is 2. The highest BCUT2D eigenvalue weighted by Gasteiger charge is 2.31. The first-order valence-corrected chi connectivity index (χ1v) is 8.90. The average molecular weight is 339 g/mol. The van der Waals surface area contributed by atoms with Crippen molar-refractivity contribution in [1.29, 1.82) is 0 Å². The number of hydrogen-bond acceptors (Lipinski definition) is 5. The van der Waals surface area contributed by atoms with Gasteiger partial charge in [0.05, 0.1) is 6.04 Å². The lowest BCUT2D eigenvalue weighted by Gasteiger charge is -2.33. The molecule has 1 aliphatic carbocycles. The predicted molar refractivity (Wildman–Crippen MR) is 89.0 cm³/mol. The van der Waals surface area contributed by atoms with Crippen LogP contribution in [-0.4, -0.2) is 37.1 Å². The van der Waals surface area contributed by atoms with Crippen molar-refractivity contribution in [2.24, 2.45) is 11.8 Å². The summed E-state index contributed by atoms with van der Waals surface area (Å²) in [4.78, 5) is 27.3. The second-order valence-corrected chi connectivity index (χ2v) is 6.99. The molecule has 0 bridgehead atoms. The van der Waals surface area contributed by atoms with Gasteiger partial charge in [-0.25, -0.2) is 4.98 Å². The maximum Gasteiger partial charge on any atom is 0.246 e. The highest BCUT2D eigenvalue weighted by atomic mass is 32.1. The first kappa shape index (κ1) is 17.9. The monoisotopic (exact) mass is 339 g/mol. The van der Waals surface area contributed by atoms with Gasteiger partial charge in [-0.2, -0.15) is 0 Å². The minimum Gasteiger partial charge on any atom is -0.375 e. The summed E-state index contributed by atoms with van der Waals surface area (Å²) in [6.45, 7) is 2.37. The Balaban J connectivity index is 1.92. The fraction of sp³-hybridized carbons (Fsp3) is 0.688. The summed E-state index contributed by atoms with van der Waals surface area (Å²) in [5.41, 5.74) is 0. The van der Waals surface area contributed by atoms with Crippen LogP contribution in [-0.2, 0) is 14.3 Å². The number of nitrogens with one attached hydrogen (secondary N) is 2. The van der Waals surface area contributed by atoms with Crippen molar-refractivity contribution in [3.8, 4) is 0 Å². The molecule has 1 aromatic rings. The molecule has 0 aliphatic heterocycles. The summed E-state index contributed by atoms with van der Waals surface area (Å²) < 4.78 is 4.91. The lowest BCUT2D eigenvalue weighted by molar-refractivity contribution is -0.126. The Bertz CT molecular complexity index is 499. The maximum atomic E-state index is 11.9. The Morgan fingerprint density at radius 3 is 2.70 bits per heavy atom. The van der Waals surface area contributed by atoms with Crippen LogP contribution in [0, 0.1) is 11.8 Å². The van der Waals surface area contributed by atoms with E-state index in [0.717, 1.165) is 37.2 Å². The van der Waals surface area contributed by atoms with Crippen molar-refractivity contribution in [3.63, 3.8) is 0 Å². The van der Waals surface area contributed by atoms with Gasteiger partial charge in [-0.1, -0.05) is 0 Å². The van der Waals surface area contributed by atoms with Gasteiger partial charge in [0.2, 0.25) is 11.8 Å². The molecule has 7 heteroatoms. The van der Waals surface area contributed by atoms with E-state index in [2.05, 4.69) is 15.6 Å². The highest BCUT2D eigenvalue weighted by Crippen LogP contribution is 2.37. The summed E-state index contributed by atoms with van der Waals surface area (Å²) in [5.74, 6) is 0.838. The molecule has 1 heterocycles. The van der Waals surface area contributed by atoms with Gasteiger partial charge in [0.25, 0.3) is 0 Å². The van der Waals surface area contributed by atoms with E-state index in [9.17, 15) is 9.59 Å². The first-order chi connectivity index (χ1) is 11.1. The Morgan fingerprint density at radius 1 is 1.39 bits per heavy atom. The van der Waals surface area contributed by atoms with E-state index in [4.69, 9.17) is 4.74 Å². The number of rotatable bonds is 7. The zero-order valence-electron chi connectivity index (χ0n) is 13.7. The van der Waals surface area contributed by atoms with Crippen molar-refractivity contribution in [2.45, 2.75) is 38.6 Å². The fourth-order valence-electron chi connectivity index (χ4n) is 3.13. The number of thiazole rings is 1. The summed E-state index contributed by atoms with van der Waals surface area (Å²) in [7, 11) is 1.52. The molecule has 1 fully saturated rings. The number of hydrogen-bond donors (Lipinski definition) is 2. The van der Waals surface area contributed by atoms with Gasteiger partial charge in [0.15, 0.2) is 0 Å².